The van der Waals surface area contributed by atoms with E-state index in [2.05, 4.69) is 17.4 Å². The predicted molar refractivity (Wildman–Crippen MR) is 78.5 cm³/mol. The first kappa shape index (κ1) is 13.4. The third-order valence-electron chi connectivity index (χ3n) is 4.20. The molecule has 0 fully saturated rings. The van der Waals surface area contributed by atoms with Crippen molar-refractivity contribution in [3.8, 4) is 0 Å². The van der Waals surface area contributed by atoms with Gasteiger partial charge in [0.15, 0.2) is 0 Å². The Kier molecular flexibility index (Phi) is 3.40. The summed E-state index contributed by atoms with van der Waals surface area (Å²) in [6, 6.07) is 10.2. The molecule has 3 heteroatoms. The summed E-state index contributed by atoms with van der Waals surface area (Å²) in [7, 11) is 0. The van der Waals surface area contributed by atoms with Gasteiger partial charge in [0.05, 0.1) is 0 Å². The SMILES string of the molecule is Cc1cc(CNCC2(O)CCc3ccccc32)c(C)o1. The maximum atomic E-state index is 10.8. The minimum atomic E-state index is -0.733. The lowest BCUT2D eigenvalue weighted by Gasteiger charge is -2.24. The average molecular weight is 271 g/mol. The monoisotopic (exact) mass is 271 g/mol. The van der Waals surface area contributed by atoms with E-state index in [1.807, 2.05) is 32.0 Å². The van der Waals surface area contributed by atoms with Crippen molar-refractivity contribution in [1.29, 1.82) is 0 Å². The van der Waals surface area contributed by atoms with Crippen molar-refractivity contribution < 1.29 is 9.52 Å². The van der Waals surface area contributed by atoms with Crippen molar-refractivity contribution >= 4 is 0 Å². The number of rotatable bonds is 4. The molecule has 1 aromatic carbocycles. The third-order valence-corrected chi connectivity index (χ3v) is 4.20. The van der Waals surface area contributed by atoms with Crippen molar-refractivity contribution in [1.82, 2.24) is 5.32 Å². The number of nitrogens with one attached hydrogen (secondary N) is 1. The van der Waals surface area contributed by atoms with E-state index in [0.29, 0.717) is 6.54 Å². The molecule has 1 aliphatic carbocycles. The molecule has 106 valence electrons. The van der Waals surface area contributed by atoms with Crippen molar-refractivity contribution in [2.24, 2.45) is 0 Å². The van der Waals surface area contributed by atoms with Gasteiger partial charge in [-0.2, -0.15) is 0 Å². The van der Waals surface area contributed by atoms with Crippen LogP contribution in [0.15, 0.2) is 34.7 Å². The van der Waals surface area contributed by atoms with Crippen LogP contribution in [0.25, 0.3) is 0 Å². The van der Waals surface area contributed by atoms with Gasteiger partial charge in [0, 0.05) is 18.7 Å². The highest BCUT2D eigenvalue weighted by molar-refractivity contribution is 5.37. The lowest BCUT2D eigenvalue weighted by atomic mass is 9.96. The molecule has 2 aromatic rings. The molecule has 0 radical (unpaired) electrons. The third kappa shape index (κ3) is 2.39. The van der Waals surface area contributed by atoms with Crippen molar-refractivity contribution in [3.63, 3.8) is 0 Å². The number of benzene rings is 1. The lowest BCUT2D eigenvalue weighted by Crippen LogP contribution is -2.36. The second-order valence-corrected chi connectivity index (χ2v) is 5.73. The Labute approximate surface area is 119 Å². The molecule has 0 saturated heterocycles. The molecule has 0 spiro atoms. The summed E-state index contributed by atoms with van der Waals surface area (Å²) < 4.78 is 5.52. The Morgan fingerprint density at radius 3 is 2.85 bits per heavy atom. The number of hydrogen-bond acceptors (Lipinski definition) is 3. The van der Waals surface area contributed by atoms with Gasteiger partial charge in [-0.05, 0) is 43.9 Å². The number of aryl methyl sites for hydroxylation is 3. The van der Waals surface area contributed by atoms with E-state index in [-0.39, 0.29) is 0 Å². The molecular formula is C17H21NO2. The van der Waals surface area contributed by atoms with Crippen molar-refractivity contribution in [3.05, 3.63) is 58.5 Å². The Hall–Kier alpha value is -1.58. The Balaban J connectivity index is 1.66. The van der Waals surface area contributed by atoms with Crippen LogP contribution >= 0.6 is 0 Å². The fraction of sp³-hybridized carbons (Fsp3) is 0.412. The van der Waals surface area contributed by atoms with Gasteiger partial charge in [-0.3, -0.25) is 0 Å². The average Bonchev–Trinajstić information content (AvgIpc) is 2.92. The molecule has 1 atom stereocenters. The minimum Gasteiger partial charge on any atom is -0.466 e. The largest absolute Gasteiger partial charge is 0.466 e. The van der Waals surface area contributed by atoms with E-state index >= 15 is 0 Å². The second kappa shape index (κ2) is 5.08. The summed E-state index contributed by atoms with van der Waals surface area (Å²) in [5, 5.41) is 14.2. The standard InChI is InChI=1S/C17H21NO2/c1-12-9-15(13(2)20-12)10-18-11-17(19)8-7-14-5-3-4-6-16(14)17/h3-6,9,18-19H,7-8,10-11H2,1-2H3. The summed E-state index contributed by atoms with van der Waals surface area (Å²) in [5.41, 5.74) is 2.78. The highest BCUT2D eigenvalue weighted by Gasteiger charge is 2.35. The van der Waals surface area contributed by atoms with Crippen molar-refractivity contribution in [2.45, 2.75) is 38.8 Å². The van der Waals surface area contributed by atoms with Crippen LogP contribution in [0.2, 0.25) is 0 Å². The molecule has 1 heterocycles. The Morgan fingerprint density at radius 2 is 2.10 bits per heavy atom. The quantitative estimate of drug-likeness (QED) is 0.899. The molecule has 20 heavy (non-hydrogen) atoms. The molecule has 0 aliphatic heterocycles. The van der Waals surface area contributed by atoms with Crippen LogP contribution in [-0.2, 0) is 18.6 Å². The molecule has 0 bridgehead atoms. The van der Waals surface area contributed by atoms with E-state index in [4.69, 9.17) is 4.42 Å². The van der Waals surface area contributed by atoms with Gasteiger partial charge in [0.25, 0.3) is 0 Å². The van der Waals surface area contributed by atoms with Gasteiger partial charge >= 0.3 is 0 Å². The lowest BCUT2D eigenvalue weighted by molar-refractivity contribution is 0.0384. The van der Waals surface area contributed by atoms with E-state index in [9.17, 15) is 5.11 Å². The highest BCUT2D eigenvalue weighted by Crippen LogP contribution is 2.36. The number of fused-ring (bicyclic) bond motifs is 1. The molecule has 2 N–H and O–H groups in total. The molecule has 3 nitrogen and oxygen atoms in total. The summed E-state index contributed by atoms with van der Waals surface area (Å²) >= 11 is 0. The summed E-state index contributed by atoms with van der Waals surface area (Å²) in [6.45, 7) is 5.24. The van der Waals surface area contributed by atoms with Crippen LogP contribution in [0.1, 0.15) is 34.6 Å². The summed E-state index contributed by atoms with van der Waals surface area (Å²) in [6.07, 6.45) is 1.75. The van der Waals surface area contributed by atoms with Gasteiger partial charge < -0.3 is 14.8 Å². The summed E-state index contributed by atoms with van der Waals surface area (Å²) in [5.74, 6) is 1.89. The highest BCUT2D eigenvalue weighted by atomic mass is 16.3. The van der Waals surface area contributed by atoms with Crippen LogP contribution in [0.5, 0.6) is 0 Å². The Bertz CT molecular complexity index is 617. The Morgan fingerprint density at radius 1 is 1.30 bits per heavy atom. The molecule has 1 unspecified atom stereocenters. The van der Waals surface area contributed by atoms with E-state index in [1.165, 1.54) is 5.56 Å². The predicted octanol–water partition coefficient (Wildman–Crippen LogP) is 2.82. The first-order valence-corrected chi connectivity index (χ1v) is 7.16. The smallest absolute Gasteiger partial charge is 0.105 e. The zero-order chi connectivity index (χ0) is 14.2. The summed E-state index contributed by atoms with van der Waals surface area (Å²) in [4.78, 5) is 0. The maximum absolute atomic E-state index is 10.8. The zero-order valence-electron chi connectivity index (χ0n) is 12.1. The molecule has 0 amide bonds. The van der Waals surface area contributed by atoms with E-state index < -0.39 is 5.60 Å². The first-order chi connectivity index (χ1) is 9.58. The van der Waals surface area contributed by atoms with Gasteiger partial charge in [-0.15, -0.1) is 0 Å². The maximum Gasteiger partial charge on any atom is 0.105 e. The number of hydrogen-bond donors (Lipinski definition) is 2. The zero-order valence-corrected chi connectivity index (χ0v) is 12.1. The van der Waals surface area contributed by atoms with Gasteiger partial charge in [-0.1, -0.05) is 24.3 Å². The fourth-order valence-corrected chi connectivity index (χ4v) is 3.11. The van der Waals surface area contributed by atoms with Gasteiger partial charge in [-0.25, -0.2) is 0 Å². The van der Waals surface area contributed by atoms with Crippen LogP contribution in [-0.4, -0.2) is 11.7 Å². The van der Waals surface area contributed by atoms with Crippen LogP contribution in [0.4, 0.5) is 0 Å². The van der Waals surface area contributed by atoms with Crippen LogP contribution < -0.4 is 5.32 Å². The van der Waals surface area contributed by atoms with Gasteiger partial charge in [0.1, 0.15) is 17.1 Å². The fourth-order valence-electron chi connectivity index (χ4n) is 3.11. The number of aliphatic hydroxyl groups is 1. The molecule has 1 aromatic heterocycles. The van der Waals surface area contributed by atoms with Gasteiger partial charge in [0.2, 0.25) is 0 Å². The first-order valence-electron chi connectivity index (χ1n) is 7.16. The second-order valence-electron chi connectivity index (χ2n) is 5.73. The van der Waals surface area contributed by atoms with E-state index in [0.717, 1.165) is 42.0 Å². The molecule has 0 saturated carbocycles. The molecular weight excluding hydrogens is 250 g/mol. The van der Waals surface area contributed by atoms with Crippen LogP contribution in [0, 0.1) is 13.8 Å². The topological polar surface area (TPSA) is 45.4 Å². The normalized spacial score (nSPS) is 21.1. The molecule has 3 rings (SSSR count). The van der Waals surface area contributed by atoms with Crippen molar-refractivity contribution in [2.75, 3.05) is 6.54 Å². The molecule has 1 aliphatic rings. The van der Waals surface area contributed by atoms with E-state index in [1.54, 1.807) is 0 Å². The number of furan rings is 1. The minimum absolute atomic E-state index is 0.577. The van der Waals surface area contributed by atoms with Crippen LogP contribution in [0.3, 0.4) is 0 Å².